The zero-order valence-corrected chi connectivity index (χ0v) is 8.17. The van der Waals surface area contributed by atoms with Crippen LogP contribution in [0.25, 0.3) is 0 Å². The van der Waals surface area contributed by atoms with Crippen LogP contribution in [-0.4, -0.2) is 29.1 Å². The van der Waals surface area contributed by atoms with Gasteiger partial charge in [0.1, 0.15) is 4.87 Å². The summed E-state index contributed by atoms with van der Waals surface area (Å²) in [5.74, 6) is -0.729. The van der Waals surface area contributed by atoms with Gasteiger partial charge in [-0.2, -0.15) is 8.42 Å². The Labute approximate surface area is 72.3 Å². The highest BCUT2D eigenvalue weighted by Gasteiger charge is 2.41. The Bertz CT molecular complexity index is 244. The van der Waals surface area contributed by atoms with Crippen LogP contribution in [0.5, 0.6) is 0 Å². The van der Waals surface area contributed by atoms with Crippen molar-refractivity contribution in [2.24, 2.45) is 11.7 Å². The van der Waals surface area contributed by atoms with Gasteiger partial charge in [0.25, 0.3) is 10.1 Å². The largest absolute Gasteiger partial charge is 0.393 e. The van der Waals surface area contributed by atoms with Crippen LogP contribution in [0.2, 0.25) is 0 Å². The highest BCUT2D eigenvalue weighted by Crippen LogP contribution is 2.22. The fraction of sp³-hybridized carbons (Fsp3) is 1.00. The molecule has 0 bridgehead atoms. The predicted molar refractivity (Wildman–Crippen MR) is 45.0 cm³/mol. The molecular weight excluding hydrogens is 182 g/mol. The van der Waals surface area contributed by atoms with E-state index in [0.29, 0.717) is 0 Å². The van der Waals surface area contributed by atoms with Gasteiger partial charge in [-0.25, -0.2) is 0 Å². The van der Waals surface area contributed by atoms with E-state index in [9.17, 15) is 8.42 Å². The van der Waals surface area contributed by atoms with Crippen molar-refractivity contribution >= 4 is 10.1 Å². The van der Waals surface area contributed by atoms with Crippen molar-refractivity contribution in [2.45, 2.75) is 31.7 Å². The van der Waals surface area contributed by atoms with Gasteiger partial charge in [0.05, 0.1) is 6.10 Å². The normalized spacial score (nSPS) is 22.8. The SMILES string of the molecule is CC(O)C(C)C(C)(N)S(=O)(=O)O. The molecule has 0 saturated heterocycles. The summed E-state index contributed by atoms with van der Waals surface area (Å²) >= 11 is 0. The standard InChI is InChI=1S/C6H15NO4S/c1-4(5(2)8)6(3,7)12(9,10)11/h4-5,8H,7H2,1-3H3,(H,9,10,11). The van der Waals surface area contributed by atoms with Gasteiger partial charge in [0, 0.05) is 5.92 Å². The van der Waals surface area contributed by atoms with Crippen molar-refractivity contribution in [3.8, 4) is 0 Å². The lowest BCUT2D eigenvalue weighted by atomic mass is 9.98. The fourth-order valence-electron chi connectivity index (χ4n) is 0.714. The van der Waals surface area contributed by atoms with Crippen LogP contribution in [0.15, 0.2) is 0 Å². The Morgan fingerprint density at radius 1 is 1.42 bits per heavy atom. The monoisotopic (exact) mass is 197 g/mol. The molecule has 0 rings (SSSR count). The Hall–Kier alpha value is -0.170. The maximum Gasteiger partial charge on any atom is 0.283 e. The summed E-state index contributed by atoms with van der Waals surface area (Å²) in [6, 6.07) is 0. The molecular formula is C6H15NO4S. The first-order chi connectivity index (χ1) is 5.10. The molecule has 3 atom stereocenters. The molecule has 12 heavy (non-hydrogen) atoms. The maximum absolute atomic E-state index is 10.7. The first kappa shape index (κ1) is 11.8. The summed E-state index contributed by atoms with van der Waals surface area (Å²) in [6.07, 6.45) is -0.887. The molecule has 0 aromatic heterocycles. The van der Waals surface area contributed by atoms with Crippen LogP contribution >= 0.6 is 0 Å². The average Bonchev–Trinajstić information content (AvgIpc) is 1.83. The molecule has 0 aliphatic rings. The second-order valence-corrected chi connectivity index (χ2v) is 5.02. The smallest absolute Gasteiger partial charge is 0.283 e. The van der Waals surface area contributed by atoms with Crippen LogP contribution in [0.3, 0.4) is 0 Å². The molecule has 0 saturated carbocycles. The topological polar surface area (TPSA) is 101 Å². The molecule has 74 valence electrons. The summed E-state index contributed by atoms with van der Waals surface area (Å²) in [6.45, 7) is 4.04. The summed E-state index contributed by atoms with van der Waals surface area (Å²) in [4.78, 5) is -1.80. The molecule has 4 N–H and O–H groups in total. The zero-order chi connectivity index (χ0) is 10.2. The van der Waals surface area contributed by atoms with Gasteiger partial charge in [0.15, 0.2) is 0 Å². The third-order valence-electron chi connectivity index (χ3n) is 2.18. The van der Waals surface area contributed by atoms with Crippen LogP contribution in [-0.2, 0) is 10.1 Å². The minimum absolute atomic E-state index is 0.729. The van der Waals surface area contributed by atoms with Crippen molar-refractivity contribution in [3.63, 3.8) is 0 Å². The molecule has 0 aliphatic heterocycles. The fourth-order valence-corrected chi connectivity index (χ4v) is 1.38. The molecule has 5 nitrogen and oxygen atoms in total. The Morgan fingerprint density at radius 2 is 1.75 bits per heavy atom. The summed E-state index contributed by atoms with van der Waals surface area (Å²) in [5, 5.41) is 9.06. The highest BCUT2D eigenvalue weighted by atomic mass is 32.2. The second-order valence-electron chi connectivity index (χ2n) is 3.19. The van der Waals surface area contributed by atoms with Gasteiger partial charge >= 0.3 is 0 Å². The van der Waals surface area contributed by atoms with Gasteiger partial charge in [-0.05, 0) is 13.8 Å². The molecule has 0 amide bonds. The van der Waals surface area contributed by atoms with Gasteiger partial charge < -0.3 is 10.8 Å². The molecule has 0 heterocycles. The minimum atomic E-state index is -4.33. The number of aliphatic hydroxyl groups excluding tert-OH is 1. The molecule has 6 heteroatoms. The van der Waals surface area contributed by atoms with Gasteiger partial charge in [-0.15, -0.1) is 0 Å². The van der Waals surface area contributed by atoms with Gasteiger partial charge in [0.2, 0.25) is 0 Å². The summed E-state index contributed by atoms with van der Waals surface area (Å²) < 4.78 is 30.1. The summed E-state index contributed by atoms with van der Waals surface area (Å²) in [5.41, 5.74) is 5.34. The maximum atomic E-state index is 10.7. The second kappa shape index (κ2) is 3.29. The lowest BCUT2D eigenvalue weighted by Crippen LogP contribution is -2.53. The number of hydrogen-bond acceptors (Lipinski definition) is 4. The van der Waals surface area contributed by atoms with Gasteiger partial charge in [-0.3, -0.25) is 4.55 Å². The van der Waals surface area contributed by atoms with E-state index in [4.69, 9.17) is 15.4 Å². The van der Waals surface area contributed by atoms with E-state index >= 15 is 0 Å². The van der Waals surface area contributed by atoms with Crippen molar-refractivity contribution in [3.05, 3.63) is 0 Å². The molecule has 0 fully saturated rings. The molecule has 0 aliphatic carbocycles. The molecule has 0 aromatic rings. The van der Waals surface area contributed by atoms with Gasteiger partial charge in [-0.1, -0.05) is 6.92 Å². The van der Waals surface area contributed by atoms with Crippen LogP contribution in [0, 0.1) is 5.92 Å². The van der Waals surface area contributed by atoms with E-state index in [1.165, 1.54) is 20.8 Å². The van der Waals surface area contributed by atoms with E-state index in [1.807, 2.05) is 0 Å². The quantitative estimate of drug-likeness (QED) is 0.533. The molecule has 0 radical (unpaired) electrons. The number of aliphatic hydroxyl groups is 1. The van der Waals surface area contributed by atoms with E-state index < -0.39 is 27.0 Å². The first-order valence-corrected chi connectivity index (χ1v) is 4.98. The van der Waals surface area contributed by atoms with E-state index in [2.05, 4.69) is 0 Å². The summed E-state index contributed by atoms with van der Waals surface area (Å²) in [7, 11) is -4.33. The van der Waals surface area contributed by atoms with Crippen molar-refractivity contribution < 1.29 is 18.1 Å². The third-order valence-corrected chi connectivity index (χ3v) is 3.67. The van der Waals surface area contributed by atoms with E-state index in [0.717, 1.165) is 0 Å². The minimum Gasteiger partial charge on any atom is -0.393 e. The number of rotatable bonds is 3. The van der Waals surface area contributed by atoms with E-state index in [1.54, 1.807) is 0 Å². The molecule has 3 unspecified atom stereocenters. The van der Waals surface area contributed by atoms with Crippen LogP contribution in [0.1, 0.15) is 20.8 Å². The molecule has 0 aromatic carbocycles. The van der Waals surface area contributed by atoms with E-state index in [-0.39, 0.29) is 0 Å². The first-order valence-electron chi connectivity index (χ1n) is 3.54. The lowest BCUT2D eigenvalue weighted by Gasteiger charge is -2.29. The predicted octanol–water partition coefficient (Wildman–Crippen LogP) is -0.434. The zero-order valence-electron chi connectivity index (χ0n) is 7.35. The van der Waals surface area contributed by atoms with Crippen molar-refractivity contribution in [2.75, 3.05) is 0 Å². The van der Waals surface area contributed by atoms with Crippen LogP contribution < -0.4 is 5.73 Å². The Kier molecular flexibility index (Phi) is 3.25. The third kappa shape index (κ3) is 2.16. The van der Waals surface area contributed by atoms with Crippen molar-refractivity contribution in [1.29, 1.82) is 0 Å². The lowest BCUT2D eigenvalue weighted by molar-refractivity contribution is 0.110. The average molecular weight is 197 g/mol. The Balaban J connectivity index is 4.87. The Morgan fingerprint density at radius 3 is 1.83 bits per heavy atom. The number of nitrogens with two attached hydrogens (primary N) is 1. The highest BCUT2D eigenvalue weighted by molar-refractivity contribution is 7.87. The van der Waals surface area contributed by atoms with Crippen molar-refractivity contribution in [1.82, 2.24) is 0 Å². The number of hydrogen-bond donors (Lipinski definition) is 3. The van der Waals surface area contributed by atoms with Crippen LogP contribution in [0.4, 0.5) is 0 Å². The molecule has 0 spiro atoms.